The summed E-state index contributed by atoms with van der Waals surface area (Å²) >= 11 is 0. The molecule has 0 unspecified atom stereocenters. The van der Waals surface area contributed by atoms with E-state index in [-0.39, 0.29) is 6.03 Å². The smallest absolute Gasteiger partial charge is 0.315 e. The van der Waals surface area contributed by atoms with Gasteiger partial charge in [-0.3, -0.25) is 4.90 Å². The van der Waals surface area contributed by atoms with Crippen LogP contribution in [0.2, 0.25) is 0 Å². The largest absolute Gasteiger partial charge is 0.381 e. The lowest BCUT2D eigenvalue weighted by Gasteiger charge is -2.43. The van der Waals surface area contributed by atoms with Gasteiger partial charge in [-0.15, -0.1) is 0 Å². The summed E-state index contributed by atoms with van der Waals surface area (Å²) < 4.78 is 30.7. The minimum absolute atomic E-state index is 0.0595. The molecule has 29 heavy (non-hydrogen) atoms. The van der Waals surface area contributed by atoms with Gasteiger partial charge in [-0.1, -0.05) is 19.3 Å². The maximum Gasteiger partial charge on any atom is 0.315 e. The van der Waals surface area contributed by atoms with E-state index < -0.39 is 10.0 Å². The molecule has 0 spiro atoms. The number of sulfonamides is 1. The minimum atomic E-state index is -3.11. The number of nitrogens with zero attached hydrogens (tertiary/aromatic N) is 2. The average Bonchev–Trinajstić information content (AvgIpc) is 2.72. The molecule has 3 fully saturated rings. The van der Waals surface area contributed by atoms with Crippen molar-refractivity contribution in [3.63, 3.8) is 0 Å². The number of nitrogens with one attached hydrogen (secondary N) is 2. The van der Waals surface area contributed by atoms with Gasteiger partial charge in [0.25, 0.3) is 0 Å². The Hall–Kier alpha value is -0.900. The van der Waals surface area contributed by atoms with Crippen LogP contribution >= 0.6 is 0 Å². The highest BCUT2D eigenvalue weighted by molar-refractivity contribution is 7.88. The SMILES string of the molecule is CS(=O)(=O)N1CCC(N(CCNC(=O)NC2CCCCC2)C2CCOCC2)CC1. The van der Waals surface area contributed by atoms with E-state index in [1.165, 1.54) is 25.5 Å². The van der Waals surface area contributed by atoms with E-state index in [4.69, 9.17) is 4.74 Å². The molecular weight excluding hydrogens is 392 g/mol. The summed E-state index contributed by atoms with van der Waals surface area (Å²) in [7, 11) is -3.11. The van der Waals surface area contributed by atoms with Crippen molar-refractivity contribution in [2.45, 2.75) is 75.9 Å². The molecule has 8 nitrogen and oxygen atoms in total. The summed E-state index contributed by atoms with van der Waals surface area (Å²) in [6.45, 7) is 4.13. The molecule has 2 amide bonds. The number of carbonyl (C=O) groups is 1. The van der Waals surface area contributed by atoms with Crippen LogP contribution < -0.4 is 10.6 Å². The Morgan fingerprint density at radius 1 is 1.00 bits per heavy atom. The second-order valence-electron chi connectivity index (χ2n) is 8.71. The zero-order valence-electron chi connectivity index (χ0n) is 17.8. The summed E-state index contributed by atoms with van der Waals surface area (Å²) in [6.07, 6.45) is 10.8. The Labute approximate surface area is 175 Å². The molecule has 0 aromatic rings. The molecule has 3 aliphatic rings. The van der Waals surface area contributed by atoms with Crippen LogP contribution in [0.25, 0.3) is 0 Å². The van der Waals surface area contributed by atoms with E-state index in [0.29, 0.717) is 37.8 Å². The van der Waals surface area contributed by atoms with Crippen molar-refractivity contribution in [2.24, 2.45) is 0 Å². The fourth-order valence-electron chi connectivity index (χ4n) is 4.97. The quantitative estimate of drug-likeness (QED) is 0.639. The van der Waals surface area contributed by atoms with E-state index in [1.54, 1.807) is 4.31 Å². The molecule has 2 heterocycles. The van der Waals surface area contributed by atoms with E-state index in [1.807, 2.05) is 0 Å². The maximum absolute atomic E-state index is 12.3. The molecule has 1 aliphatic carbocycles. The third-order valence-electron chi connectivity index (χ3n) is 6.62. The molecule has 0 atom stereocenters. The van der Waals surface area contributed by atoms with Crippen LogP contribution in [0.3, 0.4) is 0 Å². The van der Waals surface area contributed by atoms with Crippen molar-refractivity contribution >= 4 is 16.1 Å². The Morgan fingerprint density at radius 2 is 1.62 bits per heavy atom. The average molecular weight is 431 g/mol. The van der Waals surface area contributed by atoms with Gasteiger partial charge in [-0.25, -0.2) is 17.5 Å². The first-order valence-electron chi connectivity index (χ1n) is 11.3. The van der Waals surface area contributed by atoms with Crippen LogP contribution in [0.5, 0.6) is 0 Å². The van der Waals surface area contributed by atoms with Crippen LogP contribution in [0.15, 0.2) is 0 Å². The van der Waals surface area contributed by atoms with Crippen molar-refractivity contribution in [1.82, 2.24) is 19.8 Å². The lowest BCUT2D eigenvalue weighted by Crippen LogP contribution is -2.53. The molecule has 168 valence electrons. The molecule has 3 rings (SSSR count). The van der Waals surface area contributed by atoms with E-state index >= 15 is 0 Å². The number of amides is 2. The molecule has 9 heteroatoms. The number of ether oxygens (including phenoxy) is 1. The number of rotatable bonds is 7. The third-order valence-corrected chi connectivity index (χ3v) is 7.92. The second kappa shape index (κ2) is 10.9. The van der Waals surface area contributed by atoms with Crippen molar-refractivity contribution in [3.05, 3.63) is 0 Å². The Balaban J connectivity index is 1.49. The van der Waals surface area contributed by atoms with Gasteiger partial charge in [-0.2, -0.15) is 0 Å². The van der Waals surface area contributed by atoms with Gasteiger partial charge in [0.2, 0.25) is 10.0 Å². The molecule has 2 N–H and O–H groups in total. The van der Waals surface area contributed by atoms with Crippen molar-refractivity contribution in [3.8, 4) is 0 Å². The predicted octanol–water partition coefficient (Wildman–Crippen LogP) is 1.52. The number of piperidine rings is 1. The van der Waals surface area contributed by atoms with Crippen LogP contribution in [0.4, 0.5) is 4.79 Å². The molecular formula is C20H38N4O4S. The molecule has 0 radical (unpaired) electrons. The highest BCUT2D eigenvalue weighted by Gasteiger charge is 2.32. The summed E-state index contributed by atoms with van der Waals surface area (Å²) in [4.78, 5) is 14.8. The molecule has 0 aromatic carbocycles. The van der Waals surface area contributed by atoms with Crippen LogP contribution in [0.1, 0.15) is 57.8 Å². The maximum atomic E-state index is 12.3. The Kier molecular flexibility index (Phi) is 8.58. The molecule has 2 aliphatic heterocycles. The second-order valence-corrected chi connectivity index (χ2v) is 10.7. The normalized spacial score (nSPS) is 23.9. The van der Waals surface area contributed by atoms with Crippen LogP contribution in [-0.4, -0.2) is 87.4 Å². The molecule has 2 saturated heterocycles. The first-order valence-corrected chi connectivity index (χ1v) is 13.1. The number of hydrogen-bond donors (Lipinski definition) is 2. The predicted molar refractivity (Wildman–Crippen MR) is 113 cm³/mol. The third kappa shape index (κ3) is 7.08. The van der Waals surface area contributed by atoms with Gasteiger partial charge in [0.1, 0.15) is 0 Å². The Bertz CT molecular complexity index is 610. The van der Waals surface area contributed by atoms with Gasteiger partial charge >= 0.3 is 6.03 Å². The van der Waals surface area contributed by atoms with Crippen LogP contribution in [0, 0.1) is 0 Å². The van der Waals surface area contributed by atoms with Gasteiger partial charge in [0, 0.05) is 57.5 Å². The lowest BCUT2D eigenvalue weighted by molar-refractivity contribution is 0.00772. The zero-order valence-corrected chi connectivity index (χ0v) is 18.6. The minimum Gasteiger partial charge on any atom is -0.381 e. The first kappa shape index (κ1) is 22.8. The lowest BCUT2D eigenvalue weighted by atomic mass is 9.96. The number of hydrogen-bond acceptors (Lipinski definition) is 5. The van der Waals surface area contributed by atoms with E-state index in [0.717, 1.165) is 58.3 Å². The van der Waals surface area contributed by atoms with Crippen molar-refractivity contribution < 1.29 is 17.9 Å². The van der Waals surface area contributed by atoms with Crippen molar-refractivity contribution in [1.29, 1.82) is 0 Å². The summed E-state index contributed by atoms with van der Waals surface area (Å²) in [5.41, 5.74) is 0. The summed E-state index contributed by atoms with van der Waals surface area (Å²) in [5, 5.41) is 6.15. The topological polar surface area (TPSA) is 91.0 Å². The van der Waals surface area contributed by atoms with Gasteiger partial charge in [0.05, 0.1) is 6.26 Å². The van der Waals surface area contributed by atoms with Gasteiger partial charge < -0.3 is 15.4 Å². The number of urea groups is 1. The fraction of sp³-hybridized carbons (Fsp3) is 0.950. The van der Waals surface area contributed by atoms with Gasteiger partial charge in [0.15, 0.2) is 0 Å². The highest BCUT2D eigenvalue weighted by Crippen LogP contribution is 2.24. The van der Waals surface area contributed by atoms with Crippen molar-refractivity contribution in [2.75, 3.05) is 45.6 Å². The van der Waals surface area contributed by atoms with Gasteiger partial charge in [-0.05, 0) is 38.5 Å². The van der Waals surface area contributed by atoms with E-state index in [9.17, 15) is 13.2 Å². The van der Waals surface area contributed by atoms with E-state index in [2.05, 4.69) is 15.5 Å². The Morgan fingerprint density at radius 3 is 2.24 bits per heavy atom. The fourth-order valence-corrected chi connectivity index (χ4v) is 5.84. The molecule has 1 saturated carbocycles. The standard InChI is InChI=1S/C20H38N4O4S/c1-29(26,27)23-12-7-18(8-13-23)24(19-9-15-28-16-10-19)14-11-21-20(25)22-17-5-3-2-4-6-17/h17-19H,2-16H2,1H3,(H2,21,22,25). The number of carbonyl (C=O) groups excluding carboxylic acids is 1. The first-order chi connectivity index (χ1) is 13.9. The highest BCUT2D eigenvalue weighted by atomic mass is 32.2. The van der Waals surface area contributed by atoms with Crippen LogP contribution in [-0.2, 0) is 14.8 Å². The molecule has 0 bridgehead atoms. The zero-order chi connectivity index (χ0) is 20.7. The molecule has 0 aromatic heterocycles. The summed E-state index contributed by atoms with van der Waals surface area (Å²) in [6, 6.07) is 1.06. The summed E-state index contributed by atoms with van der Waals surface area (Å²) in [5.74, 6) is 0. The monoisotopic (exact) mass is 430 g/mol.